The van der Waals surface area contributed by atoms with Crippen LogP contribution >= 0.6 is 11.3 Å². The summed E-state index contributed by atoms with van der Waals surface area (Å²) in [5.74, 6) is -5.36. The maximum absolute atomic E-state index is 12.7. The van der Waals surface area contributed by atoms with Gasteiger partial charge in [-0.2, -0.15) is 37.7 Å². The second kappa shape index (κ2) is 12.4. The molecule has 0 saturated carbocycles. The van der Waals surface area contributed by atoms with Crippen LogP contribution < -0.4 is 4.90 Å². The molecule has 39 heavy (non-hydrogen) atoms. The quantitative estimate of drug-likeness (QED) is 0.516. The van der Waals surface area contributed by atoms with Gasteiger partial charge in [0.1, 0.15) is 0 Å². The Labute approximate surface area is 221 Å². The Hall–Kier alpha value is -3.73. The molecule has 2 fully saturated rings. The van der Waals surface area contributed by atoms with Crippen LogP contribution in [0, 0.1) is 0 Å². The molecular formula is C22H22F6N4O6S. The first-order valence-electron chi connectivity index (χ1n) is 10.8. The molecule has 4 heterocycles. The predicted octanol–water partition coefficient (Wildman–Crippen LogP) is 2.97. The van der Waals surface area contributed by atoms with E-state index in [2.05, 4.69) is 9.88 Å². The first-order valence-corrected chi connectivity index (χ1v) is 11.8. The zero-order valence-electron chi connectivity index (χ0n) is 20.1. The van der Waals surface area contributed by atoms with Crippen molar-refractivity contribution in [3.8, 4) is 0 Å². The van der Waals surface area contributed by atoms with Gasteiger partial charge in [0.2, 0.25) is 5.91 Å². The van der Waals surface area contributed by atoms with E-state index in [9.17, 15) is 35.9 Å². The minimum Gasteiger partial charge on any atom is -0.475 e. The summed E-state index contributed by atoms with van der Waals surface area (Å²) in [7, 11) is 1.98. The van der Waals surface area contributed by atoms with Crippen molar-refractivity contribution in [2.24, 2.45) is 0 Å². The number of rotatable bonds is 2. The summed E-state index contributed by atoms with van der Waals surface area (Å²) in [6.45, 7) is 2.30. The van der Waals surface area contributed by atoms with Crippen LogP contribution in [-0.2, 0) is 14.4 Å². The number of pyridine rings is 1. The maximum atomic E-state index is 12.7. The first kappa shape index (κ1) is 31.5. The van der Waals surface area contributed by atoms with Gasteiger partial charge in [0.15, 0.2) is 0 Å². The van der Waals surface area contributed by atoms with Crippen molar-refractivity contribution in [1.82, 2.24) is 14.8 Å². The summed E-state index contributed by atoms with van der Waals surface area (Å²) in [5.41, 5.74) is 1.37. The monoisotopic (exact) mass is 584 g/mol. The molecule has 0 aromatic carbocycles. The molecule has 2 N–H and O–H groups in total. The number of anilines is 1. The lowest BCUT2D eigenvalue weighted by Crippen LogP contribution is -2.64. The highest BCUT2D eigenvalue weighted by Gasteiger charge is 2.48. The van der Waals surface area contributed by atoms with Crippen molar-refractivity contribution < 1.29 is 55.7 Å². The van der Waals surface area contributed by atoms with Gasteiger partial charge in [-0.15, -0.1) is 0 Å². The van der Waals surface area contributed by atoms with Crippen LogP contribution in [0.3, 0.4) is 0 Å². The molecule has 2 amide bonds. The van der Waals surface area contributed by atoms with E-state index in [1.807, 2.05) is 45.8 Å². The molecule has 0 radical (unpaired) electrons. The van der Waals surface area contributed by atoms with E-state index in [0.29, 0.717) is 26.2 Å². The Kier molecular flexibility index (Phi) is 10.0. The molecule has 2 aromatic heterocycles. The third-order valence-corrected chi connectivity index (χ3v) is 6.45. The Morgan fingerprint density at radius 3 is 2.08 bits per heavy atom. The van der Waals surface area contributed by atoms with Crippen molar-refractivity contribution in [3.05, 3.63) is 46.9 Å². The lowest BCUT2D eigenvalue weighted by Gasteiger charge is -2.46. The van der Waals surface area contributed by atoms with E-state index < -0.39 is 24.3 Å². The number of thiophene rings is 1. The van der Waals surface area contributed by atoms with E-state index in [-0.39, 0.29) is 17.4 Å². The number of likely N-dealkylation sites (N-methyl/N-ethyl adjacent to an activating group) is 1. The maximum Gasteiger partial charge on any atom is 0.490 e. The zero-order chi connectivity index (χ0) is 29.6. The van der Waals surface area contributed by atoms with Crippen LogP contribution in [0.4, 0.5) is 32.0 Å². The van der Waals surface area contributed by atoms with Gasteiger partial charge in [-0.05, 0) is 37.0 Å². The topological polar surface area (TPSA) is 131 Å². The number of piperazine rings is 1. The summed E-state index contributed by atoms with van der Waals surface area (Å²) >= 11 is 1.53. The molecule has 2 saturated heterocycles. The number of aliphatic carboxylic acids is 2. The van der Waals surface area contributed by atoms with Crippen molar-refractivity contribution in [2.45, 2.75) is 24.3 Å². The average Bonchev–Trinajstić information content (AvgIpc) is 3.53. The number of carbonyl (C=O) groups excluding carboxylic acids is 2. The Bertz CT molecular complexity index is 1140. The highest BCUT2D eigenvalue weighted by atomic mass is 32.1. The second-order valence-electron chi connectivity index (χ2n) is 8.37. The van der Waals surface area contributed by atoms with E-state index in [0.717, 1.165) is 17.7 Å². The molecule has 1 unspecified atom stereocenters. The van der Waals surface area contributed by atoms with Crippen molar-refractivity contribution in [1.29, 1.82) is 0 Å². The standard InChI is InChI=1S/C18H20N4O2S.2C2HF3O2/c1-20-10-16(23)22(15-3-2-6-19-9-15)13-18(20)5-7-21(12-18)17(24)14-4-8-25-11-14;2*3-2(4,5)1(6)7/h2-4,6,8-9,11H,5,7,10,12-13H2,1H3;2*(H,6,7). The number of halogens is 6. The average molecular weight is 584 g/mol. The fraction of sp³-hybridized carbons (Fsp3) is 0.409. The Morgan fingerprint density at radius 2 is 1.62 bits per heavy atom. The first-order chi connectivity index (χ1) is 18.0. The highest BCUT2D eigenvalue weighted by molar-refractivity contribution is 7.08. The fourth-order valence-corrected chi connectivity index (χ4v) is 4.38. The number of amides is 2. The number of likely N-dealkylation sites (tertiary alicyclic amines) is 1. The molecule has 0 aliphatic carbocycles. The normalized spacial score (nSPS) is 19.6. The van der Waals surface area contributed by atoms with Gasteiger partial charge in [0.05, 0.1) is 29.5 Å². The summed E-state index contributed by atoms with van der Waals surface area (Å²) in [4.78, 5) is 53.0. The molecular weight excluding hydrogens is 562 g/mol. The minimum absolute atomic E-state index is 0.0729. The molecule has 0 bridgehead atoms. The van der Waals surface area contributed by atoms with Gasteiger partial charge >= 0.3 is 24.3 Å². The number of aromatic nitrogens is 1. The van der Waals surface area contributed by atoms with Gasteiger partial charge in [-0.25, -0.2) is 9.59 Å². The third-order valence-electron chi connectivity index (χ3n) is 5.77. The Morgan fingerprint density at radius 1 is 1.03 bits per heavy atom. The molecule has 214 valence electrons. The van der Waals surface area contributed by atoms with Crippen LogP contribution in [0.5, 0.6) is 0 Å². The van der Waals surface area contributed by atoms with Crippen molar-refractivity contribution in [2.75, 3.05) is 38.1 Å². The summed E-state index contributed by atoms with van der Waals surface area (Å²) in [5, 5.41) is 18.1. The molecule has 1 spiro atoms. The van der Waals surface area contributed by atoms with Gasteiger partial charge in [-0.1, -0.05) is 0 Å². The Balaban J connectivity index is 0.000000317. The number of hydrogen-bond donors (Lipinski definition) is 2. The zero-order valence-corrected chi connectivity index (χ0v) is 20.9. The molecule has 2 aliphatic rings. The largest absolute Gasteiger partial charge is 0.490 e. The van der Waals surface area contributed by atoms with Crippen LogP contribution in [0.1, 0.15) is 16.8 Å². The number of hydrogen-bond acceptors (Lipinski definition) is 7. The van der Waals surface area contributed by atoms with Crippen LogP contribution in [0.15, 0.2) is 41.4 Å². The van der Waals surface area contributed by atoms with Crippen LogP contribution in [0.25, 0.3) is 0 Å². The van der Waals surface area contributed by atoms with E-state index >= 15 is 0 Å². The van der Waals surface area contributed by atoms with Crippen LogP contribution in [-0.4, -0.2) is 99.9 Å². The molecule has 1 atom stereocenters. The summed E-state index contributed by atoms with van der Waals surface area (Å²) < 4.78 is 63.5. The van der Waals surface area contributed by atoms with Gasteiger partial charge in [0.25, 0.3) is 5.91 Å². The van der Waals surface area contributed by atoms with E-state index in [1.54, 1.807) is 12.4 Å². The summed E-state index contributed by atoms with van der Waals surface area (Å²) in [6, 6.07) is 5.62. The van der Waals surface area contributed by atoms with Gasteiger partial charge in [0, 0.05) is 31.2 Å². The molecule has 4 rings (SSSR count). The third kappa shape index (κ3) is 8.38. The fourth-order valence-electron chi connectivity index (χ4n) is 3.75. The molecule has 10 nitrogen and oxygen atoms in total. The highest BCUT2D eigenvalue weighted by Crippen LogP contribution is 2.34. The SMILES string of the molecule is CN1CC(=O)N(c2cccnc2)CC12CCN(C(=O)c1ccsc1)C2.O=C(O)C(F)(F)F.O=C(O)C(F)(F)F. The minimum atomic E-state index is -5.08. The number of carboxylic acids is 2. The van der Waals surface area contributed by atoms with Crippen LogP contribution in [0.2, 0.25) is 0 Å². The number of carbonyl (C=O) groups is 4. The molecule has 17 heteroatoms. The van der Waals surface area contributed by atoms with Gasteiger partial charge < -0.3 is 20.0 Å². The van der Waals surface area contributed by atoms with Gasteiger partial charge in [-0.3, -0.25) is 19.5 Å². The summed E-state index contributed by atoms with van der Waals surface area (Å²) in [6.07, 6.45) is -5.87. The number of carboxylic acid groups (broad SMARTS) is 2. The lowest BCUT2D eigenvalue weighted by atomic mass is 9.92. The smallest absolute Gasteiger partial charge is 0.475 e. The van der Waals surface area contributed by atoms with Crippen molar-refractivity contribution >= 4 is 40.8 Å². The lowest BCUT2D eigenvalue weighted by molar-refractivity contribution is -0.193. The molecule has 2 aromatic rings. The number of nitrogens with zero attached hydrogens (tertiary/aromatic N) is 4. The number of alkyl halides is 6. The predicted molar refractivity (Wildman–Crippen MR) is 124 cm³/mol. The second-order valence-corrected chi connectivity index (χ2v) is 9.15. The van der Waals surface area contributed by atoms with Crippen molar-refractivity contribution in [3.63, 3.8) is 0 Å². The molecule has 2 aliphatic heterocycles. The van der Waals surface area contributed by atoms with E-state index in [1.165, 1.54) is 11.3 Å². The van der Waals surface area contributed by atoms with E-state index in [4.69, 9.17) is 19.8 Å².